The molecule has 72 valence electrons. The van der Waals surface area contributed by atoms with Crippen LogP contribution in [0.1, 0.15) is 23.8 Å². The third kappa shape index (κ3) is 2.55. The van der Waals surface area contributed by atoms with E-state index in [4.69, 9.17) is 5.11 Å². The lowest BCUT2D eigenvalue weighted by Crippen LogP contribution is -2.37. The maximum Gasteiger partial charge on any atom is 0.269 e. The molecule has 0 aliphatic heterocycles. The number of rotatable bonds is 4. The number of imidazole rings is 1. The number of hydrogen-bond acceptors (Lipinski definition) is 3. The molecule has 0 bridgehead atoms. The Morgan fingerprint density at radius 2 is 2.62 bits per heavy atom. The summed E-state index contributed by atoms with van der Waals surface area (Å²) in [4.78, 5) is 17.7. The molecule has 1 rings (SSSR count). The number of nitrogens with zero attached hydrogens (tertiary/aromatic N) is 1. The van der Waals surface area contributed by atoms with Gasteiger partial charge in [0.05, 0.1) is 25.2 Å². The van der Waals surface area contributed by atoms with Crippen molar-refractivity contribution in [2.45, 2.75) is 19.4 Å². The van der Waals surface area contributed by atoms with Gasteiger partial charge in [0.1, 0.15) is 5.69 Å². The number of H-pyrrole nitrogens is 1. The minimum atomic E-state index is -0.238. The Hall–Kier alpha value is -1.36. The molecule has 0 saturated heterocycles. The van der Waals surface area contributed by atoms with Crippen molar-refractivity contribution in [2.75, 3.05) is 6.61 Å². The lowest BCUT2D eigenvalue weighted by molar-refractivity contribution is 0.0910. The summed E-state index contributed by atoms with van der Waals surface area (Å²) in [7, 11) is 0. The summed E-state index contributed by atoms with van der Waals surface area (Å²) in [6, 6.07) is -0.184. The highest BCUT2D eigenvalue weighted by Gasteiger charge is 2.11. The van der Waals surface area contributed by atoms with E-state index < -0.39 is 0 Å². The number of carbonyl (C=O) groups excluding carboxylic acids is 1. The van der Waals surface area contributed by atoms with Crippen molar-refractivity contribution in [3.63, 3.8) is 0 Å². The molecule has 0 aliphatic carbocycles. The normalized spacial score (nSPS) is 12.5. The first-order chi connectivity index (χ1) is 6.27. The molecule has 1 amide bonds. The first-order valence-corrected chi connectivity index (χ1v) is 4.18. The second kappa shape index (κ2) is 4.61. The Morgan fingerprint density at radius 1 is 1.85 bits per heavy atom. The zero-order valence-electron chi connectivity index (χ0n) is 7.45. The number of nitrogens with one attached hydrogen (secondary N) is 2. The highest BCUT2D eigenvalue weighted by Crippen LogP contribution is 1.94. The van der Waals surface area contributed by atoms with E-state index in [0.29, 0.717) is 12.1 Å². The fourth-order valence-corrected chi connectivity index (χ4v) is 0.920. The first-order valence-electron chi connectivity index (χ1n) is 4.18. The molecule has 0 radical (unpaired) electrons. The van der Waals surface area contributed by atoms with Gasteiger partial charge in [-0.25, -0.2) is 4.98 Å². The van der Waals surface area contributed by atoms with Gasteiger partial charge in [0.2, 0.25) is 0 Å². The van der Waals surface area contributed by atoms with Crippen LogP contribution in [0.25, 0.3) is 0 Å². The standard InChI is InChI=1S/C8H13N3O2/c1-2-6(4-12)11-8(13)7-3-9-5-10-7/h3,5-6,12H,2,4H2,1H3,(H,9,10)(H,11,13). The summed E-state index contributed by atoms with van der Waals surface area (Å²) < 4.78 is 0. The van der Waals surface area contributed by atoms with E-state index in [0.717, 1.165) is 0 Å². The van der Waals surface area contributed by atoms with E-state index >= 15 is 0 Å². The third-order valence-corrected chi connectivity index (χ3v) is 1.79. The van der Waals surface area contributed by atoms with Gasteiger partial charge in [0, 0.05) is 0 Å². The van der Waals surface area contributed by atoms with Crippen LogP contribution in [0, 0.1) is 0 Å². The molecule has 5 heteroatoms. The van der Waals surface area contributed by atoms with Gasteiger partial charge in [-0.15, -0.1) is 0 Å². The molecule has 0 saturated carbocycles. The highest BCUT2D eigenvalue weighted by atomic mass is 16.3. The van der Waals surface area contributed by atoms with Crippen molar-refractivity contribution in [1.82, 2.24) is 15.3 Å². The van der Waals surface area contributed by atoms with Gasteiger partial charge < -0.3 is 15.4 Å². The molecule has 1 heterocycles. The molecule has 0 spiro atoms. The van der Waals surface area contributed by atoms with E-state index in [9.17, 15) is 4.79 Å². The second-order valence-electron chi connectivity index (χ2n) is 2.73. The molecule has 1 atom stereocenters. The van der Waals surface area contributed by atoms with E-state index in [1.807, 2.05) is 6.92 Å². The zero-order chi connectivity index (χ0) is 9.68. The predicted molar refractivity (Wildman–Crippen MR) is 47.2 cm³/mol. The van der Waals surface area contributed by atoms with Gasteiger partial charge in [-0.2, -0.15) is 0 Å². The van der Waals surface area contributed by atoms with E-state index in [1.165, 1.54) is 12.5 Å². The van der Waals surface area contributed by atoms with Crippen LogP contribution in [0.3, 0.4) is 0 Å². The molecular weight excluding hydrogens is 170 g/mol. The topological polar surface area (TPSA) is 78.0 Å². The molecule has 0 aliphatic rings. The molecule has 5 nitrogen and oxygen atoms in total. The number of aliphatic hydroxyl groups excluding tert-OH is 1. The maximum absolute atomic E-state index is 11.3. The van der Waals surface area contributed by atoms with Crippen molar-refractivity contribution in [3.05, 3.63) is 18.2 Å². The minimum Gasteiger partial charge on any atom is -0.394 e. The monoisotopic (exact) mass is 183 g/mol. The molecule has 3 N–H and O–H groups in total. The lowest BCUT2D eigenvalue weighted by Gasteiger charge is -2.12. The molecule has 13 heavy (non-hydrogen) atoms. The summed E-state index contributed by atoms with van der Waals surface area (Å²) in [5, 5.41) is 11.5. The number of hydrogen-bond donors (Lipinski definition) is 3. The van der Waals surface area contributed by atoms with Crippen LogP contribution in [0.5, 0.6) is 0 Å². The number of carbonyl (C=O) groups is 1. The number of aromatic nitrogens is 2. The van der Waals surface area contributed by atoms with Crippen LogP contribution < -0.4 is 5.32 Å². The van der Waals surface area contributed by atoms with Crippen molar-refractivity contribution in [3.8, 4) is 0 Å². The first kappa shape index (κ1) is 9.73. The Morgan fingerprint density at radius 3 is 3.08 bits per heavy atom. The van der Waals surface area contributed by atoms with Gasteiger partial charge in [0.15, 0.2) is 0 Å². The summed E-state index contributed by atoms with van der Waals surface area (Å²) in [5.41, 5.74) is 0.409. The number of aromatic amines is 1. The van der Waals surface area contributed by atoms with Crippen molar-refractivity contribution >= 4 is 5.91 Å². The molecular formula is C8H13N3O2. The lowest BCUT2D eigenvalue weighted by atomic mass is 10.2. The van der Waals surface area contributed by atoms with Gasteiger partial charge in [-0.05, 0) is 6.42 Å². The molecule has 0 aromatic carbocycles. The Kier molecular flexibility index (Phi) is 3.45. The fraction of sp³-hybridized carbons (Fsp3) is 0.500. The van der Waals surface area contributed by atoms with Crippen LogP contribution in [0.15, 0.2) is 12.5 Å². The van der Waals surface area contributed by atoms with Crippen LogP contribution in [0.2, 0.25) is 0 Å². The van der Waals surface area contributed by atoms with E-state index in [-0.39, 0.29) is 18.6 Å². The average molecular weight is 183 g/mol. The largest absolute Gasteiger partial charge is 0.394 e. The van der Waals surface area contributed by atoms with E-state index in [2.05, 4.69) is 15.3 Å². The number of aliphatic hydroxyl groups is 1. The van der Waals surface area contributed by atoms with E-state index in [1.54, 1.807) is 0 Å². The summed E-state index contributed by atoms with van der Waals surface area (Å²) >= 11 is 0. The van der Waals surface area contributed by atoms with Crippen molar-refractivity contribution in [2.24, 2.45) is 0 Å². The zero-order valence-corrected chi connectivity index (χ0v) is 7.45. The fourth-order valence-electron chi connectivity index (χ4n) is 0.920. The van der Waals surface area contributed by atoms with Crippen LogP contribution >= 0.6 is 0 Å². The van der Waals surface area contributed by atoms with Crippen LogP contribution in [-0.2, 0) is 0 Å². The molecule has 0 fully saturated rings. The second-order valence-corrected chi connectivity index (χ2v) is 2.73. The predicted octanol–water partition coefficient (Wildman–Crippen LogP) is -0.0896. The SMILES string of the molecule is CCC(CO)NC(=O)c1cnc[nH]1. The van der Waals surface area contributed by atoms with Gasteiger partial charge >= 0.3 is 0 Å². The van der Waals surface area contributed by atoms with Crippen molar-refractivity contribution in [1.29, 1.82) is 0 Å². The van der Waals surface area contributed by atoms with Gasteiger partial charge in [-0.3, -0.25) is 4.79 Å². The molecule has 1 unspecified atom stereocenters. The highest BCUT2D eigenvalue weighted by molar-refractivity contribution is 5.92. The Balaban J connectivity index is 2.50. The summed E-state index contributed by atoms with van der Waals surface area (Å²) in [6.45, 7) is 1.85. The minimum absolute atomic E-state index is 0.0453. The number of amides is 1. The summed E-state index contributed by atoms with van der Waals surface area (Å²) in [6.07, 6.45) is 3.59. The van der Waals surface area contributed by atoms with Crippen molar-refractivity contribution < 1.29 is 9.90 Å². The Bertz CT molecular complexity index is 254. The summed E-state index contributed by atoms with van der Waals surface area (Å²) in [5.74, 6) is -0.238. The molecule has 1 aromatic rings. The maximum atomic E-state index is 11.3. The van der Waals surface area contributed by atoms with Gasteiger partial charge in [0.25, 0.3) is 5.91 Å². The Labute approximate surface area is 76.2 Å². The van der Waals surface area contributed by atoms with Crippen LogP contribution in [0.4, 0.5) is 0 Å². The molecule has 1 aromatic heterocycles. The smallest absolute Gasteiger partial charge is 0.269 e. The van der Waals surface area contributed by atoms with Gasteiger partial charge in [-0.1, -0.05) is 6.92 Å². The van der Waals surface area contributed by atoms with Crippen LogP contribution in [-0.4, -0.2) is 33.6 Å². The average Bonchev–Trinajstić information content (AvgIpc) is 2.66. The third-order valence-electron chi connectivity index (χ3n) is 1.79. The quantitative estimate of drug-likeness (QED) is 0.610.